The predicted octanol–water partition coefficient (Wildman–Crippen LogP) is -3.19. The van der Waals surface area contributed by atoms with Gasteiger partial charge in [-0.3, -0.25) is 0 Å². The maximum absolute atomic E-state index is 11.6. The van der Waals surface area contributed by atoms with E-state index in [1.807, 2.05) is 0 Å². The van der Waals surface area contributed by atoms with Crippen molar-refractivity contribution in [3.05, 3.63) is 0 Å². The van der Waals surface area contributed by atoms with Crippen molar-refractivity contribution in [2.75, 3.05) is 6.61 Å². The maximum Gasteiger partial charge on any atom is 0.363 e. The molecule has 0 aromatic carbocycles. The SMILES string of the molecule is CC(=O)OOC(=O)C(C)C1(O)O[C@H](CO)[C@@H](O)[C@H](O)[C@H]1O. The summed E-state index contributed by atoms with van der Waals surface area (Å²) in [6.45, 7) is 1.27. The minimum atomic E-state index is -2.65. The molecule has 1 aliphatic rings. The van der Waals surface area contributed by atoms with Crippen molar-refractivity contribution in [2.24, 2.45) is 5.92 Å². The first-order valence-electron chi connectivity index (χ1n) is 6.09. The van der Waals surface area contributed by atoms with E-state index in [1.54, 1.807) is 0 Å². The highest BCUT2D eigenvalue weighted by Gasteiger charge is 2.57. The summed E-state index contributed by atoms with van der Waals surface area (Å²) >= 11 is 0. The van der Waals surface area contributed by atoms with Gasteiger partial charge in [0.2, 0.25) is 5.79 Å². The van der Waals surface area contributed by atoms with Crippen LogP contribution in [0.5, 0.6) is 0 Å². The average molecular weight is 310 g/mol. The first kappa shape index (κ1) is 17.8. The number of rotatable bonds is 3. The van der Waals surface area contributed by atoms with E-state index in [0.717, 1.165) is 13.8 Å². The van der Waals surface area contributed by atoms with Gasteiger partial charge < -0.3 is 30.3 Å². The fraction of sp³-hybridized carbons (Fsp3) is 0.818. The average Bonchev–Trinajstić information content (AvgIpc) is 2.45. The van der Waals surface area contributed by atoms with Crippen LogP contribution in [0, 0.1) is 5.92 Å². The standard InChI is InChI=1S/C11H18O10/c1-4(10(17)21-20-5(2)13)11(18)9(16)8(15)7(14)6(3-12)19-11/h4,6-9,12,14-16,18H,3H2,1-2H3/t4?,6-,7-,8+,9-,11?/m1/s1. The molecule has 10 nitrogen and oxygen atoms in total. The van der Waals surface area contributed by atoms with E-state index in [2.05, 4.69) is 9.78 Å². The molecule has 1 rings (SSSR count). The first-order chi connectivity index (χ1) is 9.65. The van der Waals surface area contributed by atoms with E-state index in [-0.39, 0.29) is 0 Å². The molecule has 122 valence electrons. The van der Waals surface area contributed by atoms with Crippen LogP contribution < -0.4 is 0 Å². The van der Waals surface area contributed by atoms with Crippen LogP contribution in [0.1, 0.15) is 13.8 Å². The third-order valence-electron chi connectivity index (χ3n) is 3.21. The molecule has 1 heterocycles. The fourth-order valence-corrected chi connectivity index (χ4v) is 1.88. The van der Waals surface area contributed by atoms with Gasteiger partial charge in [0.25, 0.3) is 0 Å². The minimum Gasteiger partial charge on any atom is -0.394 e. The molecule has 2 unspecified atom stereocenters. The van der Waals surface area contributed by atoms with E-state index in [0.29, 0.717) is 0 Å². The van der Waals surface area contributed by atoms with E-state index >= 15 is 0 Å². The molecule has 10 heteroatoms. The molecule has 1 fully saturated rings. The van der Waals surface area contributed by atoms with E-state index in [9.17, 15) is 30.0 Å². The largest absolute Gasteiger partial charge is 0.394 e. The number of carbonyl (C=O) groups is 2. The van der Waals surface area contributed by atoms with Gasteiger partial charge in [0.15, 0.2) is 0 Å². The van der Waals surface area contributed by atoms with Crippen molar-refractivity contribution in [3.63, 3.8) is 0 Å². The number of hydrogen-bond donors (Lipinski definition) is 5. The summed E-state index contributed by atoms with van der Waals surface area (Å²) in [6, 6.07) is 0. The van der Waals surface area contributed by atoms with Gasteiger partial charge in [-0.25, -0.2) is 19.4 Å². The van der Waals surface area contributed by atoms with Crippen molar-refractivity contribution in [2.45, 2.75) is 44.1 Å². The molecule has 6 atom stereocenters. The highest BCUT2D eigenvalue weighted by atomic mass is 17.2. The Hall–Kier alpha value is -1.30. The number of aliphatic hydroxyl groups excluding tert-OH is 4. The molecule has 1 saturated heterocycles. The van der Waals surface area contributed by atoms with Crippen LogP contribution >= 0.6 is 0 Å². The summed E-state index contributed by atoms with van der Waals surface area (Å²) < 4.78 is 4.91. The Morgan fingerprint density at radius 2 is 1.81 bits per heavy atom. The molecule has 5 N–H and O–H groups in total. The van der Waals surface area contributed by atoms with Crippen LogP contribution in [0.25, 0.3) is 0 Å². The summed E-state index contributed by atoms with van der Waals surface area (Å²) in [5.41, 5.74) is 0. The van der Waals surface area contributed by atoms with Gasteiger partial charge in [0.05, 0.1) is 6.61 Å². The molecule has 0 aromatic heterocycles. The summed E-state index contributed by atoms with van der Waals surface area (Å²) in [5.74, 6) is -6.42. The van der Waals surface area contributed by atoms with Gasteiger partial charge in [-0.05, 0) is 6.92 Å². The third-order valence-corrected chi connectivity index (χ3v) is 3.21. The molecule has 21 heavy (non-hydrogen) atoms. The van der Waals surface area contributed by atoms with Gasteiger partial charge in [0, 0.05) is 6.92 Å². The Bertz CT molecular complexity index is 396. The van der Waals surface area contributed by atoms with Gasteiger partial charge >= 0.3 is 11.9 Å². The Labute approximate surface area is 119 Å². The van der Waals surface area contributed by atoms with Crippen molar-refractivity contribution in [3.8, 4) is 0 Å². The van der Waals surface area contributed by atoms with Crippen molar-refractivity contribution < 1.29 is 49.6 Å². The zero-order chi connectivity index (χ0) is 16.4. The minimum absolute atomic E-state index is 0.779. The van der Waals surface area contributed by atoms with Crippen LogP contribution in [0.15, 0.2) is 0 Å². The lowest BCUT2D eigenvalue weighted by Gasteiger charge is -2.46. The Morgan fingerprint density at radius 1 is 1.24 bits per heavy atom. The monoisotopic (exact) mass is 310 g/mol. The summed E-state index contributed by atoms with van der Waals surface area (Å²) in [7, 11) is 0. The lowest BCUT2D eigenvalue weighted by molar-refractivity contribution is -0.367. The summed E-state index contributed by atoms with van der Waals surface area (Å²) in [6.07, 6.45) is -7.03. The second-order valence-corrected chi connectivity index (χ2v) is 4.72. The topological polar surface area (TPSA) is 163 Å². The molecular formula is C11H18O10. The highest BCUT2D eigenvalue weighted by molar-refractivity contribution is 5.74. The summed E-state index contributed by atoms with van der Waals surface area (Å²) in [4.78, 5) is 30.3. The molecule has 0 radical (unpaired) electrons. The van der Waals surface area contributed by atoms with E-state index in [1.165, 1.54) is 0 Å². The molecule has 0 spiro atoms. The highest BCUT2D eigenvalue weighted by Crippen LogP contribution is 2.34. The fourth-order valence-electron chi connectivity index (χ4n) is 1.88. The van der Waals surface area contributed by atoms with Crippen molar-refractivity contribution >= 4 is 11.9 Å². The normalized spacial score (nSPS) is 37.7. The van der Waals surface area contributed by atoms with Gasteiger partial charge in [-0.15, -0.1) is 0 Å². The lowest BCUT2D eigenvalue weighted by Crippen LogP contribution is -2.68. The van der Waals surface area contributed by atoms with Gasteiger partial charge in [-0.2, -0.15) is 0 Å². The van der Waals surface area contributed by atoms with Crippen LogP contribution in [0.4, 0.5) is 0 Å². The van der Waals surface area contributed by atoms with E-state index < -0.39 is 54.7 Å². The molecule has 0 aliphatic carbocycles. The second-order valence-electron chi connectivity index (χ2n) is 4.72. The van der Waals surface area contributed by atoms with Crippen molar-refractivity contribution in [1.29, 1.82) is 0 Å². The van der Waals surface area contributed by atoms with Crippen molar-refractivity contribution in [1.82, 2.24) is 0 Å². The van der Waals surface area contributed by atoms with Gasteiger partial charge in [0.1, 0.15) is 30.3 Å². The second kappa shape index (κ2) is 6.64. The Morgan fingerprint density at radius 3 is 2.29 bits per heavy atom. The van der Waals surface area contributed by atoms with Crippen LogP contribution in [0.2, 0.25) is 0 Å². The van der Waals surface area contributed by atoms with Gasteiger partial charge in [-0.1, -0.05) is 0 Å². The maximum atomic E-state index is 11.6. The molecule has 0 bridgehead atoms. The Balaban J connectivity index is 2.90. The number of carbonyl (C=O) groups excluding carboxylic acids is 2. The number of ether oxygens (including phenoxy) is 1. The zero-order valence-electron chi connectivity index (χ0n) is 11.4. The number of aliphatic hydroxyl groups is 5. The molecule has 0 amide bonds. The smallest absolute Gasteiger partial charge is 0.363 e. The third kappa shape index (κ3) is 3.48. The predicted molar refractivity (Wildman–Crippen MR) is 62.0 cm³/mol. The number of hydrogen-bond acceptors (Lipinski definition) is 10. The van der Waals surface area contributed by atoms with Crippen LogP contribution in [-0.2, 0) is 24.1 Å². The molecular weight excluding hydrogens is 292 g/mol. The lowest BCUT2D eigenvalue weighted by atomic mass is 9.85. The van der Waals surface area contributed by atoms with Crippen LogP contribution in [0.3, 0.4) is 0 Å². The first-order valence-corrected chi connectivity index (χ1v) is 6.09. The summed E-state index contributed by atoms with van der Waals surface area (Å²) in [5, 5.41) is 48.2. The Kier molecular flexibility index (Phi) is 5.61. The molecule has 1 aliphatic heterocycles. The zero-order valence-corrected chi connectivity index (χ0v) is 11.4. The molecule has 0 aromatic rings. The molecule has 0 saturated carbocycles. The van der Waals surface area contributed by atoms with E-state index in [4.69, 9.17) is 9.84 Å². The van der Waals surface area contributed by atoms with Crippen LogP contribution in [-0.4, -0.2) is 74.3 Å². The quantitative estimate of drug-likeness (QED) is 0.265.